The van der Waals surface area contributed by atoms with Crippen molar-refractivity contribution < 1.29 is 0 Å². The van der Waals surface area contributed by atoms with Gasteiger partial charge in [-0.2, -0.15) is 10.2 Å². The third kappa shape index (κ3) is 3.59. The number of hydrogen-bond acceptors (Lipinski definition) is 3. The number of nitrogens with one attached hydrogen (secondary N) is 1. The predicted molar refractivity (Wildman–Crippen MR) is 77.1 cm³/mol. The van der Waals surface area contributed by atoms with Gasteiger partial charge in [0.1, 0.15) is 5.82 Å². The molecule has 19 heavy (non-hydrogen) atoms. The first kappa shape index (κ1) is 13.6. The monoisotopic (exact) mass is 261 g/mol. The van der Waals surface area contributed by atoms with Crippen LogP contribution in [0.15, 0.2) is 24.7 Å². The van der Waals surface area contributed by atoms with Crippen molar-refractivity contribution in [2.45, 2.75) is 52.7 Å². The Balaban J connectivity index is 1.89. The Morgan fingerprint density at radius 2 is 2.21 bits per heavy atom. The number of nitrogens with zero attached hydrogens (tertiary/aromatic N) is 4. The van der Waals surface area contributed by atoms with E-state index in [1.165, 1.54) is 5.56 Å². The quantitative estimate of drug-likeness (QED) is 0.833. The lowest BCUT2D eigenvalue weighted by molar-refractivity contribution is 0.479. The van der Waals surface area contributed by atoms with Gasteiger partial charge < -0.3 is 5.32 Å². The van der Waals surface area contributed by atoms with Crippen molar-refractivity contribution in [3.8, 4) is 0 Å². The number of anilines is 1. The fourth-order valence-corrected chi connectivity index (χ4v) is 1.91. The first-order valence-corrected chi connectivity index (χ1v) is 7.03. The predicted octanol–water partition coefficient (Wildman–Crippen LogP) is 3.07. The minimum absolute atomic E-state index is 0.447. The van der Waals surface area contributed by atoms with E-state index in [0.717, 1.165) is 31.7 Å². The molecule has 0 radical (unpaired) electrons. The van der Waals surface area contributed by atoms with Gasteiger partial charge in [-0.05, 0) is 19.8 Å². The van der Waals surface area contributed by atoms with E-state index in [-0.39, 0.29) is 0 Å². The van der Waals surface area contributed by atoms with E-state index in [1.54, 1.807) is 0 Å². The molecule has 0 aliphatic heterocycles. The molecular weight excluding hydrogens is 238 g/mol. The second kappa shape index (κ2) is 6.41. The molecule has 1 atom stereocenters. The van der Waals surface area contributed by atoms with Gasteiger partial charge in [-0.25, -0.2) is 0 Å². The molecule has 5 nitrogen and oxygen atoms in total. The van der Waals surface area contributed by atoms with Crippen molar-refractivity contribution in [1.29, 1.82) is 0 Å². The Morgan fingerprint density at radius 1 is 1.37 bits per heavy atom. The van der Waals surface area contributed by atoms with Gasteiger partial charge in [-0.15, -0.1) is 0 Å². The second-order valence-electron chi connectivity index (χ2n) is 4.90. The third-order valence-electron chi connectivity index (χ3n) is 3.26. The van der Waals surface area contributed by atoms with Crippen LogP contribution in [0.4, 0.5) is 5.82 Å². The van der Waals surface area contributed by atoms with Crippen LogP contribution in [0.1, 0.15) is 45.2 Å². The zero-order valence-corrected chi connectivity index (χ0v) is 12.0. The van der Waals surface area contributed by atoms with Crippen LogP contribution in [-0.4, -0.2) is 19.6 Å². The van der Waals surface area contributed by atoms with E-state index in [9.17, 15) is 0 Å². The maximum atomic E-state index is 4.52. The summed E-state index contributed by atoms with van der Waals surface area (Å²) in [6.45, 7) is 8.23. The normalized spacial score (nSPS) is 12.6. The van der Waals surface area contributed by atoms with Gasteiger partial charge in [0.15, 0.2) is 0 Å². The lowest BCUT2D eigenvalue weighted by atomic mass is 10.3. The average molecular weight is 261 g/mol. The highest BCUT2D eigenvalue weighted by molar-refractivity contribution is 5.33. The fourth-order valence-electron chi connectivity index (χ4n) is 1.91. The number of hydrogen-bond donors (Lipinski definition) is 1. The summed E-state index contributed by atoms with van der Waals surface area (Å²) in [7, 11) is 0. The van der Waals surface area contributed by atoms with Gasteiger partial charge in [-0.1, -0.05) is 13.8 Å². The largest absolute Gasteiger partial charge is 0.364 e. The van der Waals surface area contributed by atoms with Crippen LogP contribution >= 0.6 is 0 Å². The Kier molecular flexibility index (Phi) is 4.60. The molecule has 1 unspecified atom stereocenters. The lowest BCUT2D eigenvalue weighted by Crippen LogP contribution is -2.06. The van der Waals surface area contributed by atoms with Gasteiger partial charge in [0.2, 0.25) is 0 Å². The molecule has 0 bridgehead atoms. The van der Waals surface area contributed by atoms with E-state index >= 15 is 0 Å². The van der Waals surface area contributed by atoms with E-state index in [2.05, 4.69) is 42.5 Å². The minimum atomic E-state index is 0.447. The van der Waals surface area contributed by atoms with Crippen molar-refractivity contribution in [2.24, 2.45) is 0 Å². The van der Waals surface area contributed by atoms with Crippen LogP contribution in [0.2, 0.25) is 0 Å². The summed E-state index contributed by atoms with van der Waals surface area (Å²) in [5.74, 6) is 0.920. The Labute approximate surface area is 114 Å². The summed E-state index contributed by atoms with van der Waals surface area (Å²) in [6, 6.07) is 2.46. The number of aryl methyl sites for hydroxylation is 1. The zero-order chi connectivity index (χ0) is 13.7. The summed E-state index contributed by atoms with van der Waals surface area (Å²) in [4.78, 5) is 0. The molecule has 0 aliphatic carbocycles. The van der Waals surface area contributed by atoms with Crippen LogP contribution in [0.5, 0.6) is 0 Å². The number of aromatic nitrogens is 4. The second-order valence-corrected chi connectivity index (χ2v) is 4.90. The Bertz CT molecular complexity index is 499. The van der Waals surface area contributed by atoms with Gasteiger partial charge >= 0.3 is 0 Å². The van der Waals surface area contributed by atoms with E-state index in [4.69, 9.17) is 0 Å². The van der Waals surface area contributed by atoms with Crippen LogP contribution in [0, 0.1) is 0 Å². The van der Waals surface area contributed by atoms with Crippen LogP contribution < -0.4 is 5.32 Å². The van der Waals surface area contributed by atoms with Crippen LogP contribution in [-0.2, 0) is 13.1 Å². The SMILES string of the molecule is CCCn1cc(CNc2ccn(C(C)CC)n2)cn1. The molecular formula is C14H23N5. The van der Waals surface area contributed by atoms with Crippen LogP contribution in [0.3, 0.4) is 0 Å². The third-order valence-corrected chi connectivity index (χ3v) is 3.26. The fraction of sp³-hybridized carbons (Fsp3) is 0.571. The van der Waals surface area contributed by atoms with Crippen molar-refractivity contribution in [3.05, 3.63) is 30.2 Å². The standard InChI is InChI=1S/C14H23N5/c1-4-7-18-11-13(10-16-18)9-15-14-6-8-19(17-14)12(3)5-2/h6,8,10-12H,4-5,7,9H2,1-3H3,(H,15,17). The van der Waals surface area contributed by atoms with Gasteiger partial charge in [-0.3, -0.25) is 9.36 Å². The molecule has 104 valence electrons. The summed E-state index contributed by atoms with van der Waals surface area (Å²) in [6.07, 6.45) is 8.21. The maximum absolute atomic E-state index is 4.52. The molecule has 2 heterocycles. The molecule has 0 spiro atoms. The van der Waals surface area contributed by atoms with E-state index in [1.807, 2.05) is 27.8 Å². The first-order chi connectivity index (χ1) is 9.22. The van der Waals surface area contributed by atoms with Crippen molar-refractivity contribution in [2.75, 3.05) is 5.32 Å². The molecule has 0 saturated carbocycles. The molecule has 0 saturated heterocycles. The number of rotatable bonds is 7. The molecule has 0 aliphatic rings. The molecule has 2 aromatic heterocycles. The highest BCUT2D eigenvalue weighted by Crippen LogP contribution is 2.12. The van der Waals surface area contributed by atoms with Crippen LogP contribution in [0.25, 0.3) is 0 Å². The first-order valence-electron chi connectivity index (χ1n) is 7.03. The molecule has 5 heteroatoms. The van der Waals surface area contributed by atoms with Crippen molar-refractivity contribution in [1.82, 2.24) is 19.6 Å². The molecule has 0 amide bonds. The van der Waals surface area contributed by atoms with Crippen molar-refractivity contribution in [3.63, 3.8) is 0 Å². The van der Waals surface area contributed by atoms with Crippen molar-refractivity contribution >= 4 is 5.82 Å². The summed E-state index contributed by atoms with van der Waals surface area (Å²) < 4.78 is 3.98. The average Bonchev–Trinajstić information content (AvgIpc) is 3.05. The molecule has 1 N–H and O–H groups in total. The van der Waals surface area contributed by atoms with Gasteiger partial charge in [0.05, 0.1) is 6.20 Å². The molecule has 0 aromatic carbocycles. The zero-order valence-electron chi connectivity index (χ0n) is 12.0. The summed E-state index contributed by atoms with van der Waals surface area (Å²) >= 11 is 0. The summed E-state index contributed by atoms with van der Waals surface area (Å²) in [5.41, 5.74) is 1.19. The lowest BCUT2D eigenvalue weighted by Gasteiger charge is -2.08. The molecule has 0 fully saturated rings. The smallest absolute Gasteiger partial charge is 0.148 e. The Hall–Kier alpha value is -1.78. The Morgan fingerprint density at radius 3 is 2.95 bits per heavy atom. The topological polar surface area (TPSA) is 47.7 Å². The highest BCUT2D eigenvalue weighted by atomic mass is 15.3. The van der Waals surface area contributed by atoms with Gasteiger partial charge in [0, 0.05) is 43.2 Å². The highest BCUT2D eigenvalue weighted by Gasteiger charge is 2.04. The molecule has 2 aromatic rings. The minimum Gasteiger partial charge on any atom is -0.364 e. The van der Waals surface area contributed by atoms with E-state index in [0.29, 0.717) is 6.04 Å². The maximum Gasteiger partial charge on any atom is 0.148 e. The summed E-state index contributed by atoms with van der Waals surface area (Å²) in [5, 5.41) is 12.2. The van der Waals surface area contributed by atoms with Gasteiger partial charge in [0.25, 0.3) is 0 Å². The molecule has 2 rings (SSSR count). The van der Waals surface area contributed by atoms with E-state index < -0.39 is 0 Å².